The molecule has 0 bridgehead atoms. The molecule has 1 rings (SSSR count). The molecule has 1 unspecified atom stereocenters. The molecule has 3 nitrogen and oxygen atoms in total. The lowest BCUT2D eigenvalue weighted by atomic mass is 10.1. The summed E-state index contributed by atoms with van der Waals surface area (Å²) < 4.78 is 0. The zero-order chi connectivity index (χ0) is 12.0. The third kappa shape index (κ3) is 3.83. The number of rotatable bonds is 6. The summed E-state index contributed by atoms with van der Waals surface area (Å²) in [5, 5.41) is 9.38. The Morgan fingerprint density at radius 3 is 2.44 bits per heavy atom. The van der Waals surface area contributed by atoms with Crippen LogP contribution < -0.4 is 10.6 Å². The predicted molar refractivity (Wildman–Crippen MR) is 68.8 cm³/mol. The van der Waals surface area contributed by atoms with Gasteiger partial charge in [-0.05, 0) is 30.5 Å². The average Bonchev–Trinajstić information content (AvgIpc) is 2.35. The van der Waals surface area contributed by atoms with Gasteiger partial charge in [0.2, 0.25) is 0 Å². The summed E-state index contributed by atoms with van der Waals surface area (Å²) in [5.41, 5.74) is 7.89. The molecule has 0 aliphatic carbocycles. The fraction of sp³-hybridized carbons (Fsp3) is 0.538. The van der Waals surface area contributed by atoms with E-state index in [0.29, 0.717) is 13.0 Å². The van der Waals surface area contributed by atoms with Crippen LogP contribution in [0.15, 0.2) is 24.3 Å². The molecule has 0 aromatic heterocycles. The molecule has 1 aromatic rings. The van der Waals surface area contributed by atoms with Crippen molar-refractivity contribution >= 4 is 5.69 Å². The van der Waals surface area contributed by atoms with Gasteiger partial charge in [0, 0.05) is 25.8 Å². The summed E-state index contributed by atoms with van der Waals surface area (Å²) in [4.78, 5) is 2.14. The van der Waals surface area contributed by atoms with E-state index >= 15 is 0 Å². The highest BCUT2D eigenvalue weighted by Crippen LogP contribution is 2.14. The second-order valence-electron chi connectivity index (χ2n) is 4.12. The van der Waals surface area contributed by atoms with Crippen molar-refractivity contribution in [2.24, 2.45) is 5.73 Å². The van der Waals surface area contributed by atoms with Crippen molar-refractivity contribution in [3.8, 4) is 0 Å². The van der Waals surface area contributed by atoms with Gasteiger partial charge in [-0.25, -0.2) is 0 Å². The summed E-state index contributed by atoms with van der Waals surface area (Å²) in [6, 6.07) is 8.53. The maximum Gasteiger partial charge on any atom is 0.0679 e. The highest BCUT2D eigenvalue weighted by Gasteiger charge is 2.04. The first kappa shape index (κ1) is 13.0. The van der Waals surface area contributed by atoms with E-state index in [4.69, 9.17) is 5.73 Å². The van der Waals surface area contributed by atoms with Gasteiger partial charge in [-0.1, -0.05) is 19.1 Å². The molecule has 0 saturated heterocycles. The Kier molecular flexibility index (Phi) is 5.29. The molecule has 1 aromatic carbocycles. The SMILES string of the molecule is CCc1ccc(N(C)CCC(O)CN)cc1. The lowest BCUT2D eigenvalue weighted by molar-refractivity contribution is 0.175. The Labute approximate surface area is 97.9 Å². The van der Waals surface area contributed by atoms with Crippen LogP contribution in [0.4, 0.5) is 5.69 Å². The van der Waals surface area contributed by atoms with Crippen molar-refractivity contribution in [2.75, 3.05) is 25.0 Å². The van der Waals surface area contributed by atoms with Gasteiger partial charge in [0.05, 0.1) is 6.10 Å². The number of aliphatic hydroxyl groups is 1. The molecule has 0 amide bonds. The van der Waals surface area contributed by atoms with Crippen LogP contribution in [0.3, 0.4) is 0 Å². The van der Waals surface area contributed by atoms with E-state index in [1.165, 1.54) is 11.3 Å². The number of benzene rings is 1. The van der Waals surface area contributed by atoms with Gasteiger partial charge in [-0.3, -0.25) is 0 Å². The van der Waals surface area contributed by atoms with Crippen molar-refractivity contribution in [1.82, 2.24) is 0 Å². The molecule has 1 atom stereocenters. The van der Waals surface area contributed by atoms with Crippen LogP contribution in [0.2, 0.25) is 0 Å². The topological polar surface area (TPSA) is 49.5 Å². The van der Waals surface area contributed by atoms with Crippen molar-refractivity contribution in [3.05, 3.63) is 29.8 Å². The van der Waals surface area contributed by atoms with Crippen molar-refractivity contribution in [1.29, 1.82) is 0 Å². The summed E-state index contributed by atoms with van der Waals surface area (Å²) in [5.74, 6) is 0. The molecule has 16 heavy (non-hydrogen) atoms. The highest BCUT2D eigenvalue weighted by molar-refractivity contribution is 5.46. The Hall–Kier alpha value is -1.06. The second kappa shape index (κ2) is 6.51. The Bertz CT molecular complexity index is 297. The van der Waals surface area contributed by atoms with Crippen LogP contribution >= 0.6 is 0 Å². The lowest BCUT2D eigenvalue weighted by Gasteiger charge is -2.20. The van der Waals surface area contributed by atoms with Gasteiger partial charge in [0.1, 0.15) is 0 Å². The fourth-order valence-corrected chi connectivity index (χ4v) is 1.58. The highest BCUT2D eigenvalue weighted by atomic mass is 16.3. The molecule has 3 heteroatoms. The molecule has 0 heterocycles. The Morgan fingerprint density at radius 1 is 1.31 bits per heavy atom. The Balaban J connectivity index is 2.49. The molecule has 90 valence electrons. The van der Waals surface area contributed by atoms with Crippen LogP contribution in [-0.4, -0.2) is 31.3 Å². The van der Waals surface area contributed by atoms with E-state index < -0.39 is 6.10 Å². The standard InChI is InChI=1S/C13H22N2O/c1-3-11-4-6-12(7-5-11)15(2)9-8-13(16)10-14/h4-7,13,16H,3,8-10,14H2,1-2H3. The summed E-state index contributed by atoms with van der Waals surface area (Å²) >= 11 is 0. The minimum absolute atomic E-state index is 0.336. The normalized spacial score (nSPS) is 12.5. The number of hydrogen-bond donors (Lipinski definition) is 2. The van der Waals surface area contributed by atoms with Gasteiger partial charge in [-0.2, -0.15) is 0 Å². The maximum atomic E-state index is 9.38. The van der Waals surface area contributed by atoms with Crippen molar-refractivity contribution in [2.45, 2.75) is 25.9 Å². The average molecular weight is 222 g/mol. The number of anilines is 1. The van der Waals surface area contributed by atoms with Gasteiger partial charge in [0.25, 0.3) is 0 Å². The molecule has 0 spiro atoms. The minimum atomic E-state index is -0.391. The van der Waals surface area contributed by atoms with Crippen LogP contribution in [0.25, 0.3) is 0 Å². The van der Waals surface area contributed by atoms with Gasteiger partial charge >= 0.3 is 0 Å². The quantitative estimate of drug-likeness (QED) is 0.765. The number of nitrogens with two attached hydrogens (primary N) is 1. The fourth-order valence-electron chi connectivity index (χ4n) is 1.58. The molecule has 3 N–H and O–H groups in total. The smallest absolute Gasteiger partial charge is 0.0679 e. The van der Waals surface area contributed by atoms with Gasteiger partial charge in [-0.15, -0.1) is 0 Å². The summed E-state index contributed by atoms with van der Waals surface area (Å²) in [6.45, 7) is 3.31. The molecule has 0 saturated carbocycles. The molecular formula is C13H22N2O. The minimum Gasteiger partial charge on any atom is -0.392 e. The monoisotopic (exact) mass is 222 g/mol. The largest absolute Gasteiger partial charge is 0.392 e. The second-order valence-corrected chi connectivity index (χ2v) is 4.12. The molecule has 0 aliphatic rings. The van der Waals surface area contributed by atoms with Crippen molar-refractivity contribution < 1.29 is 5.11 Å². The predicted octanol–water partition coefficient (Wildman–Crippen LogP) is 1.39. The van der Waals surface area contributed by atoms with E-state index in [0.717, 1.165) is 13.0 Å². The first-order valence-corrected chi connectivity index (χ1v) is 5.85. The third-order valence-electron chi connectivity index (χ3n) is 2.86. The van der Waals surface area contributed by atoms with Crippen LogP contribution in [0.5, 0.6) is 0 Å². The van der Waals surface area contributed by atoms with E-state index in [1.807, 2.05) is 7.05 Å². The van der Waals surface area contributed by atoms with Crippen molar-refractivity contribution in [3.63, 3.8) is 0 Å². The molecule has 0 fully saturated rings. The lowest BCUT2D eigenvalue weighted by Crippen LogP contribution is -2.27. The number of aliphatic hydroxyl groups excluding tert-OH is 1. The Morgan fingerprint density at radius 2 is 1.94 bits per heavy atom. The zero-order valence-electron chi connectivity index (χ0n) is 10.2. The summed E-state index contributed by atoms with van der Waals surface area (Å²) in [6.07, 6.45) is 1.38. The van der Waals surface area contributed by atoms with Gasteiger partial charge in [0.15, 0.2) is 0 Å². The molecular weight excluding hydrogens is 200 g/mol. The molecule has 0 aliphatic heterocycles. The maximum absolute atomic E-state index is 9.38. The van der Waals surface area contributed by atoms with E-state index in [1.54, 1.807) is 0 Å². The van der Waals surface area contributed by atoms with E-state index in [-0.39, 0.29) is 0 Å². The third-order valence-corrected chi connectivity index (χ3v) is 2.86. The first-order chi connectivity index (χ1) is 7.67. The summed E-state index contributed by atoms with van der Waals surface area (Å²) in [7, 11) is 2.03. The number of nitrogens with zero attached hydrogens (tertiary/aromatic N) is 1. The van der Waals surface area contributed by atoms with Gasteiger partial charge < -0.3 is 15.7 Å². The van der Waals surface area contributed by atoms with E-state index in [2.05, 4.69) is 36.1 Å². The molecule has 0 radical (unpaired) electrons. The van der Waals surface area contributed by atoms with E-state index in [9.17, 15) is 5.11 Å². The number of aryl methyl sites for hydroxylation is 1. The van der Waals surface area contributed by atoms with Crippen LogP contribution in [0.1, 0.15) is 18.9 Å². The number of hydrogen-bond acceptors (Lipinski definition) is 3. The van der Waals surface area contributed by atoms with Crippen LogP contribution in [0, 0.1) is 0 Å². The zero-order valence-corrected chi connectivity index (χ0v) is 10.2. The van der Waals surface area contributed by atoms with Crippen LogP contribution in [-0.2, 0) is 6.42 Å². The first-order valence-electron chi connectivity index (χ1n) is 5.85.